The maximum absolute atomic E-state index is 12.5. The summed E-state index contributed by atoms with van der Waals surface area (Å²) in [6.45, 7) is 5.95. The highest BCUT2D eigenvalue weighted by molar-refractivity contribution is 7.95. The van der Waals surface area contributed by atoms with Crippen LogP contribution in [0.15, 0.2) is 30.3 Å². The summed E-state index contributed by atoms with van der Waals surface area (Å²) < 4.78 is 5.27. The van der Waals surface area contributed by atoms with E-state index in [-0.39, 0.29) is 40.8 Å². The first-order chi connectivity index (χ1) is 11.7. The Bertz CT molecular complexity index is 547. The predicted octanol–water partition coefficient (Wildman–Crippen LogP) is -0.489. The third kappa shape index (κ3) is 11.6. The average molecular weight is 494 g/mol. The van der Waals surface area contributed by atoms with E-state index >= 15 is 0 Å². The average Bonchev–Trinajstić information content (AvgIpc) is 2.50. The molecular formula is C19H31IN2O3S. The van der Waals surface area contributed by atoms with E-state index < -0.39 is 17.7 Å². The molecule has 0 bridgehead atoms. The number of benzene rings is 1. The van der Waals surface area contributed by atoms with Crippen LogP contribution in [-0.2, 0) is 26.8 Å². The maximum Gasteiger partial charge on any atom is 0.408 e. The summed E-state index contributed by atoms with van der Waals surface area (Å²) in [6, 6.07) is 9.42. The minimum Gasteiger partial charge on any atom is -1.00 e. The van der Waals surface area contributed by atoms with Crippen LogP contribution in [0.4, 0.5) is 4.79 Å². The van der Waals surface area contributed by atoms with Crippen LogP contribution >= 0.6 is 0 Å². The van der Waals surface area contributed by atoms with E-state index in [1.807, 2.05) is 30.3 Å². The number of halogens is 1. The Balaban J connectivity index is 0.00000625. The van der Waals surface area contributed by atoms with Crippen molar-refractivity contribution in [3.05, 3.63) is 35.9 Å². The highest BCUT2D eigenvalue weighted by Gasteiger charge is 2.25. The van der Waals surface area contributed by atoms with Crippen LogP contribution in [0.25, 0.3) is 0 Å². The van der Waals surface area contributed by atoms with Crippen molar-refractivity contribution in [2.24, 2.45) is 0 Å². The van der Waals surface area contributed by atoms with Crippen molar-refractivity contribution in [2.45, 2.75) is 45.3 Å². The molecule has 1 aromatic rings. The molecule has 148 valence electrons. The number of hydrogen-bond acceptors (Lipinski definition) is 3. The molecule has 5 nitrogen and oxygen atoms in total. The van der Waals surface area contributed by atoms with Gasteiger partial charge >= 0.3 is 6.09 Å². The van der Waals surface area contributed by atoms with Gasteiger partial charge in [0, 0.05) is 13.0 Å². The van der Waals surface area contributed by atoms with Gasteiger partial charge in [-0.05, 0) is 43.7 Å². The molecule has 1 rings (SSSR count). The highest BCUT2D eigenvalue weighted by atomic mass is 127. The number of hydrogen-bond donors (Lipinski definition) is 2. The van der Waals surface area contributed by atoms with Gasteiger partial charge in [-0.2, -0.15) is 0 Å². The topological polar surface area (TPSA) is 67.4 Å². The zero-order valence-corrected chi connectivity index (χ0v) is 19.3. The third-order valence-electron chi connectivity index (χ3n) is 3.38. The molecule has 0 aliphatic rings. The second-order valence-corrected chi connectivity index (χ2v) is 9.58. The molecule has 0 saturated carbocycles. The van der Waals surface area contributed by atoms with Crippen molar-refractivity contribution < 1.29 is 38.3 Å². The van der Waals surface area contributed by atoms with Gasteiger partial charge in [0.2, 0.25) is 5.91 Å². The van der Waals surface area contributed by atoms with E-state index in [1.54, 1.807) is 20.8 Å². The van der Waals surface area contributed by atoms with E-state index in [1.165, 1.54) is 5.56 Å². The minimum absolute atomic E-state index is 0. The standard InChI is InChI=1S/C19H30N2O3S.HI/c1-19(2,3)24-18(23)21-16(12-14-25(4)5)17(22)20-13-11-15-9-7-6-8-10-15;/h6-10,16H,11-14H2,1-5H3,(H-,20,21,22,23);1H/t16-;/m0./s1. The van der Waals surface area contributed by atoms with Crippen LogP contribution < -0.4 is 34.6 Å². The van der Waals surface area contributed by atoms with Gasteiger partial charge in [0.15, 0.2) is 0 Å². The molecule has 0 spiro atoms. The van der Waals surface area contributed by atoms with E-state index in [9.17, 15) is 9.59 Å². The molecule has 7 heteroatoms. The molecule has 26 heavy (non-hydrogen) atoms. The lowest BCUT2D eigenvalue weighted by atomic mass is 10.1. The van der Waals surface area contributed by atoms with Gasteiger partial charge in [0.25, 0.3) is 0 Å². The van der Waals surface area contributed by atoms with Crippen molar-refractivity contribution in [2.75, 3.05) is 24.8 Å². The van der Waals surface area contributed by atoms with Gasteiger partial charge in [0.1, 0.15) is 17.4 Å². The highest BCUT2D eigenvalue weighted by Crippen LogP contribution is 2.08. The van der Waals surface area contributed by atoms with Crippen LogP contribution in [0.1, 0.15) is 32.8 Å². The quantitative estimate of drug-likeness (QED) is 0.379. The molecule has 0 radical (unpaired) electrons. The number of carbonyl (C=O) groups excluding carboxylic acids is 2. The first kappa shape index (κ1) is 25.0. The van der Waals surface area contributed by atoms with E-state index in [4.69, 9.17) is 4.74 Å². The van der Waals surface area contributed by atoms with Gasteiger partial charge in [-0.3, -0.25) is 4.79 Å². The first-order valence-corrected chi connectivity index (χ1v) is 10.7. The zero-order valence-electron chi connectivity index (χ0n) is 16.3. The second-order valence-electron chi connectivity index (χ2n) is 7.20. The summed E-state index contributed by atoms with van der Waals surface area (Å²) in [5.74, 6) is 0.722. The summed E-state index contributed by atoms with van der Waals surface area (Å²) in [4.78, 5) is 24.5. The molecule has 0 aliphatic heterocycles. The lowest BCUT2D eigenvalue weighted by molar-refractivity contribution is -0.123. The number of alkyl carbamates (subject to hydrolysis) is 1. The largest absolute Gasteiger partial charge is 1.00 e. The summed E-state index contributed by atoms with van der Waals surface area (Å²) >= 11 is 0. The SMILES string of the molecule is C[S+](C)CC[C@H](NC(=O)OC(C)(C)C)C(=O)NCCc1ccccc1.[I-]. The second kappa shape index (κ2) is 12.4. The minimum atomic E-state index is -0.585. The fourth-order valence-electron chi connectivity index (χ4n) is 2.17. The molecule has 0 aromatic heterocycles. The van der Waals surface area contributed by atoms with Gasteiger partial charge in [-0.15, -0.1) is 0 Å². The maximum atomic E-state index is 12.5. The van der Waals surface area contributed by atoms with Gasteiger partial charge in [-0.1, -0.05) is 30.3 Å². The molecule has 1 aromatic carbocycles. The molecule has 0 heterocycles. The Morgan fingerprint density at radius 1 is 1.15 bits per heavy atom. The van der Waals surface area contributed by atoms with Gasteiger partial charge in [-0.25, -0.2) is 4.79 Å². The van der Waals surface area contributed by atoms with Crippen LogP contribution in [0.2, 0.25) is 0 Å². The Kier molecular flexibility index (Phi) is 12.0. The fraction of sp³-hybridized carbons (Fsp3) is 0.579. The van der Waals surface area contributed by atoms with Gasteiger partial charge in [0.05, 0.1) is 12.5 Å². The molecule has 0 fully saturated rings. The van der Waals surface area contributed by atoms with Crippen molar-refractivity contribution in [3.63, 3.8) is 0 Å². The summed E-state index contributed by atoms with van der Waals surface area (Å²) in [6.07, 6.45) is 5.06. The molecule has 0 unspecified atom stereocenters. The number of nitrogens with one attached hydrogen (secondary N) is 2. The Morgan fingerprint density at radius 3 is 2.31 bits per heavy atom. The van der Waals surface area contributed by atoms with E-state index in [2.05, 4.69) is 23.1 Å². The van der Waals surface area contributed by atoms with E-state index in [0.29, 0.717) is 13.0 Å². The summed E-state index contributed by atoms with van der Waals surface area (Å²) in [5.41, 5.74) is 0.584. The van der Waals surface area contributed by atoms with Crippen molar-refractivity contribution in [3.8, 4) is 0 Å². The number of amides is 2. The zero-order chi connectivity index (χ0) is 18.9. The molecule has 2 N–H and O–H groups in total. The van der Waals surface area contributed by atoms with Crippen molar-refractivity contribution in [1.82, 2.24) is 10.6 Å². The Hall–Kier alpha value is -0.960. The predicted molar refractivity (Wildman–Crippen MR) is 105 cm³/mol. The van der Waals surface area contributed by atoms with Crippen molar-refractivity contribution >= 4 is 22.9 Å². The summed E-state index contributed by atoms with van der Waals surface area (Å²) in [5, 5.41) is 5.63. The van der Waals surface area contributed by atoms with Crippen LogP contribution in [0.3, 0.4) is 0 Å². The summed E-state index contributed by atoms with van der Waals surface area (Å²) in [7, 11) is 0.206. The van der Waals surface area contributed by atoms with Crippen LogP contribution in [0, 0.1) is 0 Å². The van der Waals surface area contributed by atoms with E-state index in [0.717, 1.165) is 12.2 Å². The monoisotopic (exact) mass is 494 g/mol. The van der Waals surface area contributed by atoms with Crippen LogP contribution in [-0.4, -0.2) is 48.5 Å². The lowest BCUT2D eigenvalue weighted by Crippen LogP contribution is -3.00. The Morgan fingerprint density at radius 2 is 1.77 bits per heavy atom. The normalized spacial score (nSPS) is 12.1. The number of carbonyl (C=O) groups is 2. The Labute approximate surface area is 177 Å². The molecule has 1 atom stereocenters. The lowest BCUT2D eigenvalue weighted by Gasteiger charge is -2.23. The fourth-order valence-corrected chi connectivity index (χ4v) is 2.88. The van der Waals surface area contributed by atoms with Crippen LogP contribution in [0.5, 0.6) is 0 Å². The molecular weight excluding hydrogens is 463 g/mol. The molecule has 2 amide bonds. The van der Waals surface area contributed by atoms with Gasteiger partial charge < -0.3 is 39.3 Å². The first-order valence-electron chi connectivity index (χ1n) is 8.53. The third-order valence-corrected chi connectivity index (χ3v) is 4.43. The number of rotatable bonds is 8. The number of ether oxygens (including phenoxy) is 1. The molecule has 0 saturated heterocycles. The van der Waals surface area contributed by atoms with Crippen molar-refractivity contribution in [1.29, 1.82) is 0 Å². The smallest absolute Gasteiger partial charge is 0.408 e. The molecule has 0 aliphatic carbocycles.